The number of hydrogen-bond acceptors (Lipinski definition) is 3. The fourth-order valence-corrected chi connectivity index (χ4v) is 2.44. The predicted molar refractivity (Wildman–Crippen MR) is 88.2 cm³/mol. The summed E-state index contributed by atoms with van der Waals surface area (Å²) < 4.78 is 6.69. The lowest BCUT2D eigenvalue weighted by Gasteiger charge is -2.19. The van der Waals surface area contributed by atoms with Crippen LogP contribution in [-0.2, 0) is 4.74 Å². The molecule has 0 saturated heterocycles. The summed E-state index contributed by atoms with van der Waals surface area (Å²) in [7, 11) is 0. The molecule has 0 aliphatic carbocycles. The van der Waals surface area contributed by atoms with Crippen LogP contribution in [0.1, 0.15) is 32.8 Å². The van der Waals surface area contributed by atoms with Gasteiger partial charge in [0.1, 0.15) is 0 Å². The number of ether oxygens (including phenoxy) is 1. The van der Waals surface area contributed by atoms with Gasteiger partial charge in [-0.2, -0.15) is 0 Å². The molecule has 0 aliphatic rings. The number of aliphatic hydroxyl groups is 1. The van der Waals surface area contributed by atoms with Crippen molar-refractivity contribution in [2.75, 3.05) is 18.5 Å². The number of benzene rings is 1. The van der Waals surface area contributed by atoms with Crippen molar-refractivity contribution >= 4 is 21.6 Å². The van der Waals surface area contributed by atoms with Crippen molar-refractivity contribution in [1.82, 2.24) is 0 Å². The summed E-state index contributed by atoms with van der Waals surface area (Å²) in [6.45, 7) is 9.31. The standard InChI is InChI=1S/C16H26BrNO2/c1-11(2)7-13(4)20-10-15(19)9-18-16-8-14(17)6-5-12(16)3/h5-6,8,11,13,15,18-19H,7,9-10H2,1-4H3. The van der Waals surface area contributed by atoms with Crippen LogP contribution in [0.25, 0.3) is 0 Å². The summed E-state index contributed by atoms with van der Waals surface area (Å²) >= 11 is 3.45. The molecule has 2 N–H and O–H groups in total. The van der Waals surface area contributed by atoms with Crippen molar-refractivity contribution in [3.63, 3.8) is 0 Å². The second kappa shape index (κ2) is 8.65. The van der Waals surface area contributed by atoms with E-state index in [-0.39, 0.29) is 6.10 Å². The third-order valence-electron chi connectivity index (χ3n) is 3.10. The molecular formula is C16H26BrNO2. The van der Waals surface area contributed by atoms with Crippen LogP contribution in [0, 0.1) is 12.8 Å². The van der Waals surface area contributed by atoms with Gasteiger partial charge in [-0.25, -0.2) is 0 Å². The highest BCUT2D eigenvalue weighted by atomic mass is 79.9. The molecule has 0 aromatic heterocycles. The van der Waals surface area contributed by atoms with E-state index in [1.807, 2.05) is 25.1 Å². The Morgan fingerprint density at radius 2 is 2.00 bits per heavy atom. The predicted octanol–water partition coefficient (Wildman–Crippen LogP) is 3.98. The molecule has 114 valence electrons. The van der Waals surface area contributed by atoms with Crippen LogP contribution in [0.3, 0.4) is 0 Å². The Kier molecular flexibility index (Phi) is 7.56. The van der Waals surface area contributed by atoms with Gasteiger partial charge in [0.25, 0.3) is 0 Å². The van der Waals surface area contributed by atoms with Crippen molar-refractivity contribution in [1.29, 1.82) is 0 Å². The molecule has 0 heterocycles. The van der Waals surface area contributed by atoms with E-state index in [0.29, 0.717) is 19.1 Å². The topological polar surface area (TPSA) is 41.5 Å². The minimum atomic E-state index is -0.497. The van der Waals surface area contributed by atoms with Crippen LogP contribution in [-0.4, -0.2) is 30.5 Å². The molecule has 4 heteroatoms. The normalized spacial score (nSPS) is 14.3. The Morgan fingerprint density at radius 3 is 2.65 bits per heavy atom. The number of halogens is 1. The van der Waals surface area contributed by atoms with Gasteiger partial charge in [0, 0.05) is 16.7 Å². The second-order valence-corrected chi connectivity index (χ2v) is 6.68. The second-order valence-electron chi connectivity index (χ2n) is 5.77. The van der Waals surface area contributed by atoms with Crippen molar-refractivity contribution in [3.8, 4) is 0 Å². The van der Waals surface area contributed by atoms with E-state index in [2.05, 4.69) is 42.0 Å². The minimum absolute atomic E-state index is 0.192. The molecule has 0 radical (unpaired) electrons. The smallest absolute Gasteiger partial charge is 0.0945 e. The van der Waals surface area contributed by atoms with Crippen molar-refractivity contribution in [3.05, 3.63) is 28.2 Å². The maximum absolute atomic E-state index is 9.95. The first-order valence-electron chi connectivity index (χ1n) is 7.18. The number of aliphatic hydroxyl groups excluding tert-OH is 1. The average molecular weight is 344 g/mol. The summed E-state index contributed by atoms with van der Waals surface area (Å²) in [6, 6.07) is 6.07. The molecule has 2 atom stereocenters. The summed E-state index contributed by atoms with van der Waals surface area (Å²) in [4.78, 5) is 0. The molecule has 0 aliphatic heterocycles. The fourth-order valence-electron chi connectivity index (χ4n) is 2.08. The first-order valence-corrected chi connectivity index (χ1v) is 7.97. The van der Waals surface area contributed by atoms with Gasteiger partial charge >= 0.3 is 0 Å². The molecular weight excluding hydrogens is 318 g/mol. The first kappa shape index (κ1) is 17.5. The SMILES string of the molecule is Cc1ccc(Br)cc1NCC(O)COC(C)CC(C)C. The summed E-state index contributed by atoms with van der Waals surface area (Å²) in [5.41, 5.74) is 2.20. The number of hydrogen-bond donors (Lipinski definition) is 2. The maximum atomic E-state index is 9.95. The lowest BCUT2D eigenvalue weighted by molar-refractivity contribution is -0.00444. The Bertz CT molecular complexity index is 409. The van der Waals surface area contributed by atoms with Crippen LogP contribution < -0.4 is 5.32 Å². The number of nitrogens with one attached hydrogen (secondary N) is 1. The lowest BCUT2D eigenvalue weighted by atomic mass is 10.1. The molecule has 20 heavy (non-hydrogen) atoms. The van der Waals surface area contributed by atoms with Gasteiger partial charge < -0.3 is 15.2 Å². The Labute approximate surface area is 130 Å². The third-order valence-corrected chi connectivity index (χ3v) is 3.60. The van der Waals surface area contributed by atoms with Crippen LogP contribution in [0.4, 0.5) is 5.69 Å². The van der Waals surface area contributed by atoms with E-state index in [4.69, 9.17) is 4.74 Å². The van der Waals surface area contributed by atoms with Crippen molar-refractivity contribution in [2.24, 2.45) is 5.92 Å². The largest absolute Gasteiger partial charge is 0.389 e. The molecule has 0 fully saturated rings. The lowest BCUT2D eigenvalue weighted by Crippen LogP contribution is -2.27. The Hall–Kier alpha value is -0.580. The molecule has 3 nitrogen and oxygen atoms in total. The van der Waals surface area contributed by atoms with Gasteiger partial charge in [0.2, 0.25) is 0 Å². The van der Waals surface area contributed by atoms with Gasteiger partial charge in [-0.3, -0.25) is 0 Å². The first-order chi connectivity index (χ1) is 9.38. The van der Waals surface area contributed by atoms with Crippen LogP contribution in [0.5, 0.6) is 0 Å². The Balaban J connectivity index is 2.32. The van der Waals surface area contributed by atoms with E-state index >= 15 is 0 Å². The van der Waals surface area contributed by atoms with E-state index in [9.17, 15) is 5.11 Å². The van der Waals surface area contributed by atoms with Crippen molar-refractivity contribution in [2.45, 2.75) is 46.3 Å². The van der Waals surface area contributed by atoms with E-state index < -0.39 is 6.10 Å². The van der Waals surface area contributed by atoms with Crippen LogP contribution in [0.15, 0.2) is 22.7 Å². The molecule has 1 aromatic carbocycles. The quantitative estimate of drug-likeness (QED) is 0.749. The molecule has 0 amide bonds. The molecule has 0 bridgehead atoms. The maximum Gasteiger partial charge on any atom is 0.0945 e. The zero-order valence-corrected chi connectivity index (χ0v) is 14.4. The number of aryl methyl sites for hydroxylation is 1. The number of anilines is 1. The minimum Gasteiger partial charge on any atom is -0.389 e. The highest BCUT2D eigenvalue weighted by Crippen LogP contribution is 2.20. The van der Waals surface area contributed by atoms with Gasteiger partial charge in [0.05, 0.1) is 18.8 Å². The summed E-state index contributed by atoms with van der Waals surface area (Å²) in [6.07, 6.45) is 0.713. The summed E-state index contributed by atoms with van der Waals surface area (Å²) in [5, 5.41) is 13.2. The van der Waals surface area contributed by atoms with Gasteiger partial charge in [-0.1, -0.05) is 35.8 Å². The van der Waals surface area contributed by atoms with Crippen molar-refractivity contribution < 1.29 is 9.84 Å². The fraction of sp³-hybridized carbons (Fsp3) is 0.625. The van der Waals surface area contributed by atoms with E-state index in [1.165, 1.54) is 0 Å². The number of rotatable bonds is 8. The summed E-state index contributed by atoms with van der Waals surface area (Å²) in [5.74, 6) is 0.615. The zero-order valence-electron chi connectivity index (χ0n) is 12.8. The third kappa shape index (κ3) is 6.73. The van der Waals surface area contributed by atoms with Crippen LogP contribution >= 0.6 is 15.9 Å². The molecule has 1 aromatic rings. The average Bonchev–Trinajstić information content (AvgIpc) is 2.36. The van der Waals surface area contributed by atoms with Crippen LogP contribution in [0.2, 0.25) is 0 Å². The van der Waals surface area contributed by atoms with Gasteiger partial charge in [-0.15, -0.1) is 0 Å². The van der Waals surface area contributed by atoms with Gasteiger partial charge in [0.15, 0.2) is 0 Å². The van der Waals surface area contributed by atoms with E-state index in [0.717, 1.165) is 22.1 Å². The Morgan fingerprint density at radius 1 is 1.30 bits per heavy atom. The van der Waals surface area contributed by atoms with E-state index in [1.54, 1.807) is 0 Å². The molecule has 0 saturated carbocycles. The monoisotopic (exact) mass is 343 g/mol. The highest BCUT2D eigenvalue weighted by molar-refractivity contribution is 9.10. The molecule has 1 rings (SSSR count). The highest BCUT2D eigenvalue weighted by Gasteiger charge is 2.10. The molecule has 0 spiro atoms. The van der Waals surface area contributed by atoms with Gasteiger partial charge in [-0.05, 0) is 43.9 Å². The zero-order chi connectivity index (χ0) is 15.1. The molecule has 2 unspecified atom stereocenters.